The highest BCUT2D eigenvalue weighted by atomic mass is 19.1. The lowest BCUT2D eigenvalue weighted by molar-refractivity contribution is -0.117. The molecule has 0 bridgehead atoms. The van der Waals surface area contributed by atoms with Gasteiger partial charge in [0.05, 0.1) is 0 Å². The number of halogens is 1. The second-order valence-corrected chi connectivity index (χ2v) is 2.00. The molecule has 0 heterocycles. The van der Waals surface area contributed by atoms with Crippen LogP contribution in [0, 0.1) is 0 Å². The van der Waals surface area contributed by atoms with E-state index < -0.39 is 11.7 Å². The molecule has 3 N–H and O–H groups in total. The Balaban J connectivity index is 4.40. The van der Waals surface area contributed by atoms with Gasteiger partial charge in [0.25, 0.3) is 5.91 Å². The zero-order valence-corrected chi connectivity index (χ0v) is 6.80. The van der Waals surface area contributed by atoms with E-state index in [-0.39, 0.29) is 5.57 Å². The average molecular weight is 170 g/mol. The van der Waals surface area contributed by atoms with Gasteiger partial charge in [-0.3, -0.25) is 10.2 Å². The third kappa shape index (κ3) is 3.68. The van der Waals surface area contributed by atoms with E-state index in [4.69, 9.17) is 5.84 Å². The van der Waals surface area contributed by atoms with Gasteiger partial charge >= 0.3 is 0 Å². The molecule has 0 aromatic heterocycles. The van der Waals surface area contributed by atoms with Crippen molar-refractivity contribution in [2.24, 2.45) is 5.84 Å². The summed E-state index contributed by atoms with van der Waals surface area (Å²) in [5.41, 5.74) is 2.22. The lowest BCUT2D eigenvalue weighted by Gasteiger charge is -1.97. The Labute approximate surface area is 70.4 Å². The molecule has 0 aliphatic heterocycles. The number of hydrogen-bond acceptors (Lipinski definition) is 2. The van der Waals surface area contributed by atoms with Crippen molar-refractivity contribution in [2.45, 2.75) is 6.92 Å². The Morgan fingerprint density at radius 1 is 1.58 bits per heavy atom. The van der Waals surface area contributed by atoms with Gasteiger partial charge in [-0.2, -0.15) is 0 Å². The first-order valence-electron chi connectivity index (χ1n) is 3.31. The van der Waals surface area contributed by atoms with Crippen LogP contribution in [0.15, 0.2) is 36.2 Å². The first kappa shape index (κ1) is 10.6. The number of carbonyl (C=O) groups is 1. The van der Waals surface area contributed by atoms with Crippen molar-refractivity contribution in [3.05, 3.63) is 36.2 Å². The Morgan fingerprint density at radius 2 is 2.17 bits per heavy atom. The molecule has 0 aromatic rings. The van der Waals surface area contributed by atoms with Crippen molar-refractivity contribution in [3.8, 4) is 0 Å². The molecule has 3 nitrogen and oxygen atoms in total. The van der Waals surface area contributed by atoms with E-state index in [2.05, 4.69) is 6.58 Å². The minimum Gasteiger partial charge on any atom is -0.290 e. The molecule has 0 aliphatic rings. The van der Waals surface area contributed by atoms with Gasteiger partial charge in [0.1, 0.15) is 5.83 Å². The van der Waals surface area contributed by atoms with Crippen LogP contribution in [-0.4, -0.2) is 5.91 Å². The number of allylic oxidation sites excluding steroid dienone is 3. The Morgan fingerprint density at radius 3 is 2.50 bits per heavy atom. The Kier molecular flexibility index (Phi) is 4.64. The summed E-state index contributed by atoms with van der Waals surface area (Å²) in [6.07, 6.45) is 3.90. The summed E-state index contributed by atoms with van der Waals surface area (Å²) in [4.78, 5) is 10.8. The lowest BCUT2D eigenvalue weighted by Crippen LogP contribution is -2.30. The number of rotatable bonds is 3. The smallest absolute Gasteiger partial charge is 0.264 e. The highest BCUT2D eigenvalue weighted by Gasteiger charge is 2.00. The van der Waals surface area contributed by atoms with Crippen LogP contribution in [0.3, 0.4) is 0 Å². The lowest BCUT2D eigenvalue weighted by atomic mass is 10.2. The molecule has 0 atom stereocenters. The predicted molar refractivity (Wildman–Crippen MR) is 45.5 cm³/mol. The van der Waals surface area contributed by atoms with E-state index in [1.54, 1.807) is 6.92 Å². The van der Waals surface area contributed by atoms with Crippen molar-refractivity contribution in [3.63, 3.8) is 0 Å². The van der Waals surface area contributed by atoms with E-state index in [0.717, 1.165) is 6.08 Å². The van der Waals surface area contributed by atoms with Gasteiger partial charge in [-0.05, 0) is 19.1 Å². The number of nitrogens with one attached hydrogen (secondary N) is 1. The molecule has 0 spiro atoms. The molecule has 0 rings (SSSR count). The molecule has 4 heteroatoms. The van der Waals surface area contributed by atoms with Gasteiger partial charge in [0.15, 0.2) is 0 Å². The molecular weight excluding hydrogens is 159 g/mol. The molecule has 0 radical (unpaired) electrons. The topological polar surface area (TPSA) is 55.1 Å². The second kappa shape index (κ2) is 5.26. The third-order valence-corrected chi connectivity index (χ3v) is 1.15. The highest BCUT2D eigenvalue weighted by Crippen LogP contribution is 2.00. The summed E-state index contributed by atoms with van der Waals surface area (Å²) in [5, 5.41) is 0. The van der Waals surface area contributed by atoms with E-state index >= 15 is 0 Å². The first-order chi connectivity index (χ1) is 5.61. The maximum atomic E-state index is 12.1. The minimum absolute atomic E-state index is 0.288. The average Bonchev–Trinajstić information content (AvgIpc) is 2.04. The van der Waals surface area contributed by atoms with Crippen LogP contribution in [0.5, 0.6) is 0 Å². The zero-order valence-electron chi connectivity index (χ0n) is 6.80. The van der Waals surface area contributed by atoms with E-state index in [1.807, 2.05) is 5.43 Å². The van der Waals surface area contributed by atoms with Gasteiger partial charge in [-0.1, -0.05) is 12.7 Å². The van der Waals surface area contributed by atoms with Gasteiger partial charge in [-0.15, -0.1) is 0 Å². The number of nitrogens with two attached hydrogens (primary N) is 1. The van der Waals surface area contributed by atoms with Crippen LogP contribution in [0.25, 0.3) is 0 Å². The largest absolute Gasteiger partial charge is 0.290 e. The van der Waals surface area contributed by atoms with Crippen molar-refractivity contribution in [1.82, 2.24) is 5.43 Å². The maximum Gasteiger partial charge on any atom is 0.264 e. The number of carbonyl (C=O) groups excluding carboxylic acids is 1. The fraction of sp³-hybridized carbons (Fsp3) is 0.125. The van der Waals surface area contributed by atoms with Crippen LogP contribution in [0.4, 0.5) is 4.39 Å². The van der Waals surface area contributed by atoms with E-state index in [9.17, 15) is 9.18 Å². The Bertz CT molecular complexity index is 243. The number of amides is 1. The quantitative estimate of drug-likeness (QED) is 0.218. The Hall–Kier alpha value is -1.42. The second-order valence-electron chi connectivity index (χ2n) is 2.00. The zero-order chi connectivity index (χ0) is 9.56. The molecule has 0 aromatic carbocycles. The van der Waals surface area contributed by atoms with Gasteiger partial charge in [-0.25, -0.2) is 10.2 Å². The summed E-state index contributed by atoms with van der Waals surface area (Å²) in [6.45, 7) is 4.65. The summed E-state index contributed by atoms with van der Waals surface area (Å²) >= 11 is 0. The predicted octanol–water partition coefficient (Wildman–Crippen LogP) is 0.962. The first-order valence-corrected chi connectivity index (χ1v) is 3.31. The molecule has 66 valence electrons. The fourth-order valence-electron chi connectivity index (χ4n) is 0.567. The van der Waals surface area contributed by atoms with Crippen LogP contribution in [-0.2, 0) is 4.79 Å². The van der Waals surface area contributed by atoms with E-state index in [0.29, 0.717) is 0 Å². The molecule has 1 amide bonds. The van der Waals surface area contributed by atoms with Crippen LogP contribution in [0.1, 0.15) is 6.92 Å². The summed E-state index contributed by atoms with van der Waals surface area (Å²) in [6, 6.07) is 0. The normalized spacial score (nSPS) is 11.8. The fourth-order valence-corrected chi connectivity index (χ4v) is 0.567. The SMILES string of the molecule is C=C(F)/C=C\C(=C/C)C(=O)NN. The van der Waals surface area contributed by atoms with Crippen LogP contribution < -0.4 is 11.3 Å². The monoisotopic (exact) mass is 170 g/mol. The van der Waals surface area contributed by atoms with Crippen molar-refractivity contribution in [1.29, 1.82) is 0 Å². The van der Waals surface area contributed by atoms with Crippen molar-refractivity contribution >= 4 is 5.91 Å². The minimum atomic E-state index is -0.612. The molecule has 0 saturated heterocycles. The molecule has 0 saturated carbocycles. The number of hydrazine groups is 1. The summed E-state index contributed by atoms with van der Waals surface area (Å²) in [5.74, 6) is 3.79. The van der Waals surface area contributed by atoms with Crippen molar-refractivity contribution < 1.29 is 9.18 Å². The molecule has 0 unspecified atom stereocenters. The van der Waals surface area contributed by atoms with Crippen LogP contribution >= 0.6 is 0 Å². The van der Waals surface area contributed by atoms with Gasteiger partial charge in [0.2, 0.25) is 0 Å². The maximum absolute atomic E-state index is 12.1. The summed E-state index contributed by atoms with van der Waals surface area (Å²) < 4.78 is 12.1. The highest BCUT2D eigenvalue weighted by molar-refractivity contribution is 5.95. The molecule has 12 heavy (non-hydrogen) atoms. The molecule has 0 fully saturated rings. The standard InChI is InChI=1S/C8H11FN2O/c1-3-7(8(12)11-10)5-4-6(2)9/h3-5H,2,10H2,1H3,(H,11,12)/b5-4-,7-3+. The molecular formula is C8H11FN2O. The third-order valence-electron chi connectivity index (χ3n) is 1.15. The van der Waals surface area contributed by atoms with Gasteiger partial charge in [0, 0.05) is 5.57 Å². The molecule has 0 aliphatic carbocycles. The van der Waals surface area contributed by atoms with Gasteiger partial charge < -0.3 is 0 Å². The summed E-state index contributed by atoms with van der Waals surface area (Å²) in [7, 11) is 0. The van der Waals surface area contributed by atoms with Crippen LogP contribution in [0.2, 0.25) is 0 Å². The number of hydrogen-bond donors (Lipinski definition) is 2. The van der Waals surface area contributed by atoms with E-state index in [1.165, 1.54) is 12.2 Å². The van der Waals surface area contributed by atoms with Crippen molar-refractivity contribution in [2.75, 3.05) is 0 Å².